The Morgan fingerprint density at radius 1 is 0.769 bits per heavy atom. The van der Waals surface area contributed by atoms with Crippen LogP contribution in [0.5, 0.6) is 0 Å². The Balaban J connectivity index is 2.10. The fourth-order valence-corrected chi connectivity index (χ4v) is 2.87. The van der Waals surface area contributed by atoms with Crippen LogP contribution in [0.15, 0.2) is 36.7 Å². The maximum atomic E-state index is 14.5. The fourth-order valence-electron chi connectivity index (χ4n) is 2.77. The topological polar surface area (TPSA) is 25.8 Å². The molecule has 2 aromatic carbocycles. The minimum Gasteiger partial charge on any atom is -0.226 e. The molecule has 0 saturated heterocycles. The fraction of sp³-hybridized carbons (Fsp3) is 0.158. The minimum atomic E-state index is -0.984. The summed E-state index contributed by atoms with van der Waals surface area (Å²) < 4.78 is 57.6. The van der Waals surface area contributed by atoms with E-state index in [0.717, 1.165) is 30.9 Å². The number of aryl methyl sites for hydroxylation is 1. The van der Waals surface area contributed by atoms with Crippen LogP contribution >= 0.6 is 11.6 Å². The van der Waals surface area contributed by atoms with Gasteiger partial charge in [-0.15, -0.1) is 0 Å². The summed E-state index contributed by atoms with van der Waals surface area (Å²) in [6.07, 6.45) is 3.56. The molecule has 0 amide bonds. The average Bonchev–Trinajstić information content (AvgIpc) is 2.55. The van der Waals surface area contributed by atoms with E-state index >= 15 is 0 Å². The monoisotopic (exact) mass is 380 g/mol. The first kappa shape index (κ1) is 18.3. The molecule has 0 aliphatic rings. The summed E-state index contributed by atoms with van der Waals surface area (Å²) in [5.41, 5.74) is -0.538. The van der Waals surface area contributed by atoms with Gasteiger partial charge in [-0.25, -0.2) is 27.5 Å². The zero-order valence-corrected chi connectivity index (χ0v) is 14.4. The van der Waals surface area contributed by atoms with Crippen molar-refractivity contribution < 1.29 is 17.6 Å². The van der Waals surface area contributed by atoms with E-state index in [9.17, 15) is 17.6 Å². The van der Waals surface area contributed by atoms with Gasteiger partial charge in [0.05, 0.1) is 11.1 Å². The van der Waals surface area contributed by atoms with E-state index in [1.54, 1.807) is 0 Å². The summed E-state index contributed by atoms with van der Waals surface area (Å²) in [6, 6.07) is 4.12. The first-order valence-corrected chi connectivity index (χ1v) is 8.23. The first-order chi connectivity index (χ1) is 12.4. The van der Waals surface area contributed by atoms with E-state index in [-0.39, 0.29) is 16.4 Å². The zero-order valence-electron chi connectivity index (χ0n) is 13.7. The third-order valence-corrected chi connectivity index (χ3v) is 4.08. The summed E-state index contributed by atoms with van der Waals surface area (Å²) in [6.45, 7) is 1.88. The maximum Gasteiger partial charge on any atom is 0.222 e. The molecule has 0 N–H and O–H groups in total. The van der Waals surface area contributed by atoms with Crippen molar-refractivity contribution in [2.24, 2.45) is 0 Å². The maximum absolute atomic E-state index is 14.5. The van der Waals surface area contributed by atoms with Gasteiger partial charge >= 0.3 is 0 Å². The molecule has 134 valence electrons. The number of halogens is 5. The molecule has 2 nitrogen and oxygen atoms in total. The van der Waals surface area contributed by atoms with Crippen molar-refractivity contribution in [2.75, 3.05) is 0 Å². The molecule has 3 aromatic rings. The number of benzene rings is 2. The molecule has 0 fully saturated rings. The minimum absolute atomic E-state index is 0.0650. The highest BCUT2D eigenvalue weighted by atomic mass is 35.5. The predicted molar refractivity (Wildman–Crippen MR) is 91.7 cm³/mol. The van der Waals surface area contributed by atoms with Crippen molar-refractivity contribution in [3.8, 4) is 22.3 Å². The Bertz CT molecular complexity index is 912. The molecule has 0 radical (unpaired) electrons. The smallest absolute Gasteiger partial charge is 0.222 e. The molecule has 0 spiro atoms. The Kier molecular flexibility index (Phi) is 5.23. The van der Waals surface area contributed by atoms with Crippen LogP contribution in [0, 0.1) is 23.3 Å². The third kappa shape index (κ3) is 3.55. The summed E-state index contributed by atoms with van der Waals surface area (Å²) in [5, 5.41) is -0.0671. The van der Waals surface area contributed by atoms with E-state index in [1.807, 2.05) is 6.92 Å². The quantitative estimate of drug-likeness (QED) is 0.411. The highest BCUT2D eigenvalue weighted by Gasteiger charge is 2.19. The van der Waals surface area contributed by atoms with E-state index < -0.39 is 34.4 Å². The lowest BCUT2D eigenvalue weighted by Crippen LogP contribution is -1.98. The lowest BCUT2D eigenvalue weighted by atomic mass is 9.97. The molecule has 3 rings (SSSR count). The van der Waals surface area contributed by atoms with Gasteiger partial charge in [-0.2, -0.15) is 0 Å². The van der Waals surface area contributed by atoms with Crippen molar-refractivity contribution in [2.45, 2.75) is 19.8 Å². The predicted octanol–water partition coefficient (Wildman–Crippen LogP) is 5.97. The summed E-state index contributed by atoms with van der Waals surface area (Å²) in [7, 11) is 0. The molecule has 0 bridgehead atoms. The van der Waals surface area contributed by atoms with E-state index in [2.05, 4.69) is 9.97 Å². The molecule has 26 heavy (non-hydrogen) atoms. The molecule has 0 atom stereocenters. The van der Waals surface area contributed by atoms with Gasteiger partial charge in [0.15, 0.2) is 0 Å². The van der Waals surface area contributed by atoms with Crippen LogP contribution in [-0.2, 0) is 6.42 Å². The lowest BCUT2D eigenvalue weighted by Gasteiger charge is -2.11. The largest absolute Gasteiger partial charge is 0.226 e. The molecule has 0 aliphatic heterocycles. The van der Waals surface area contributed by atoms with Gasteiger partial charge in [0.25, 0.3) is 0 Å². The number of nitrogens with zero attached hydrogens (tertiary/aromatic N) is 2. The Morgan fingerprint density at radius 3 is 1.73 bits per heavy atom. The number of rotatable bonds is 4. The standard InChI is InChI=1S/C19H13ClF4N2/c1-2-3-10-4-13(21)17(14(22)5-10)11-6-15(23)18(16(24)7-11)12-8-25-19(20)26-9-12/h4-9H,2-3H2,1H3. The second-order valence-electron chi connectivity index (χ2n) is 5.74. The van der Waals surface area contributed by atoms with Crippen molar-refractivity contribution in [3.63, 3.8) is 0 Å². The van der Waals surface area contributed by atoms with E-state index in [1.165, 1.54) is 12.1 Å². The molecule has 0 unspecified atom stereocenters. The molecular weight excluding hydrogens is 368 g/mol. The first-order valence-electron chi connectivity index (χ1n) is 7.86. The third-order valence-electron chi connectivity index (χ3n) is 3.88. The van der Waals surface area contributed by atoms with Gasteiger partial charge in [-0.3, -0.25) is 0 Å². The second kappa shape index (κ2) is 7.41. The van der Waals surface area contributed by atoms with Crippen LogP contribution in [0.4, 0.5) is 17.6 Å². The molecular formula is C19H13ClF4N2. The number of hydrogen-bond acceptors (Lipinski definition) is 2. The number of hydrogen-bond donors (Lipinski definition) is 0. The van der Waals surface area contributed by atoms with Gasteiger partial charge in [-0.1, -0.05) is 13.3 Å². The van der Waals surface area contributed by atoms with Crippen LogP contribution in [0.2, 0.25) is 5.28 Å². The number of aromatic nitrogens is 2. The zero-order chi connectivity index (χ0) is 18.8. The van der Waals surface area contributed by atoms with Crippen LogP contribution in [0.25, 0.3) is 22.3 Å². The molecule has 1 heterocycles. The highest BCUT2D eigenvalue weighted by Crippen LogP contribution is 2.33. The van der Waals surface area contributed by atoms with Crippen LogP contribution in [-0.4, -0.2) is 9.97 Å². The van der Waals surface area contributed by atoms with Gasteiger partial charge in [0.1, 0.15) is 23.3 Å². The highest BCUT2D eigenvalue weighted by molar-refractivity contribution is 6.28. The Morgan fingerprint density at radius 2 is 1.23 bits per heavy atom. The molecule has 0 aliphatic carbocycles. The Hall–Kier alpha value is -2.47. The van der Waals surface area contributed by atoms with Crippen LogP contribution < -0.4 is 0 Å². The van der Waals surface area contributed by atoms with E-state index in [0.29, 0.717) is 12.0 Å². The lowest BCUT2D eigenvalue weighted by molar-refractivity contribution is 0.579. The van der Waals surface area contributed by atoms with Gasteiger partial charge in [-0.05, 0) is 53.4 Å². The second-order valence-corrected chi connectivity index (χ2v) is 6.08. The van der Waals surface area contributed by atoms with Gasteiger partial charge < -0.3 is 0 Å². The van der Waals surface area contributed by atoms with Crippen molar-refractivity contribution >= 4 is 11.6 Å². The molecule has 7 heteroatoms. The summed E-state index contributed by atoms with van der Waals surface area (Å²) >= 11 is 5.56. The van der Waals surface area contributed by atoms with Crippen molar-refractivity contribution in [3.05, 3.63) is 70.8 Å². The normalized spacial score (nSPS) is 11.0. The van der Waals surface area contributed by atoms with Gasteiger partial charge in [0, 0.05) is 18.0 Å². The summed E-state index contributed by atoms with van der Waals surface area (Å²) in [4.78, 5) is 7.35. The van der Waals surface area contributed by atoms with Crippen LogP contribution in [0.3, 0.4) is 0 Å². The van der Waals surface area contributed by atoms with Crippen molar-refractivity contribution in [1.29, 1.82) is 0 Å². The molecule has 0 saturated carbocycles. The molecule has 1 aromatic heterocycles. The summed E-state index contributed by atoms with van der Waals surface area (Å²) in [5.74, 6) is -3.70. The Labute approximate surface area is 152 Å². The van der Waals surface area contributed by atoms with Crippen molar-refractivity contribution in [1.82, 2.24) is 9.97 Å². The average molecular weight is 381 g/mol. The SMILES string of the molecule is CCCc1cc(F)c(-c2cc(F)c(-c3cnc(Cl)nc3)c(F)c2)c(F)c1. The van der Waals surface area contributed by atoms with E-state index in [4.69, 9.17) is 11.6 Å². The van der Waals surface area contributed by atoms with Crippen LogP contribution in [0.1, 0.15) is 18.9 Å². The van der Waals surface area contributed by atoms with Gasteiger partial charge in [0.2, 0.25) is 5.28 Å².